The molecule has 0 aliphatic carbocycles. The van der Waals surface area contributed by atoms with Crippen LogP contribution in [0.3, 0.4) is 0 Å². The summed E-state index contributed by atoms with van der Waals surface area (Å²) in [7, 11) is 1.44. The number of esters is 1. The minimum atomic E-state index is -0.551. The Hall–Kier alpha value is -4.08. The minimum Gasteiger partial charge on any atom is -0.494 e. The maximum atomic E-state index is 12.6. The Morgan fingerprint density at radius 3 is 2.36 bits per heavy atom. The summed E-state index contributed by atoms with van der Waals surface area (Å²) in [5.74, 6) is -0.381. The highest BCUT2D eigenvalue weighted by Crippen LogP contribution is 2.28. The molecule has 9 nitrogen and oxygen atoms in total. The number of hydrazone groups is 1. The van der Waals surface area contributed by atoms with Gasteiger partial charge in [-0.25, -0.2) is 10.2 Å². The molecule has 0 aliphatic rings. The van der Waals surface area contributed by atoms with Crippen molar-refractivity contribution in [3.05, 3.63) is 87.4 Å². The first-order valence-electron chi connectivity index (χ1n) is 12.0. The van der Waals surface area contributed by atoms with Crippen molar-refractivity contribution in [3.63, 3.8) is 0 Å². The predicted molar refractivity (Wildman–Crippen MR) is 149 cm³/mol. The van der Waals surface area contributed by atoms with Gasteiger partial charge >= 0.3 is 5.97 Å². The average molecular weight is 572 g/mol. The van der Waals surface area contributed by atoms with Gasteiger partial charge in [-0.2, -0.15) is 5.10 Å². The molecule has 3 rings (SSSR count). The second-order valence-corrected chi connectivity index (χ2v) is 8.95. The Labute approximate surface area is 236 Å². The highest BCUT2D eigenvalue weighted by atomic mass is 35.5. The molecule has 2 N–H and O–H groups in total. The summed E-state index contributed by atoms with van der Waals surface area (Å²) in [6.45, 7) is 2.40. The van der Waals surface area contributed by atoms with Gasteiger partial charge in [0.15, 0.2) is 11.5 Å². The molecule has 3 aromatic rings. The number of carbonyl (C=O) groups excluding carboxylic acids is 3. The predicted octanol–water partition coefficient (Wildman–Crippen LogP) is 5.28. The lowest BCUT2D eigenvalue weighted by Gasteiger charge is -2.10. The molecule has 0 fully saturated rings. The maximum Gasteiger partial charge on any atom is 0.343 e. The summed E-state index contributed by atoms with van der Waals surface area (Å²) < 4.78 is 16.4. The first-order chi connectivity index (χ1) is 18.8. The monoisotopic (exact) mass is 571 g/mol. The van der Waals surface area contributed by atoms with Crippen LogP contribution in [0.4, 0.5) is 0 Å². The molecular formula is C28H27Cl2N3O6. The molecule has 0 saturated heterocycles. The number of carbonyl (C=O) groups is 3. The molecule has 0 heterocycles. The van der Waals surface area contributed by atoms with Gasteiger partial charge in [-0.1, -0.05) is 36.5 Å². The van der Waals surface area contributed by atoms with E-state index in [1.54, 1.807) is 42.5 Å². The number of halogens is 2. The number of nitrogens with zero attached hydrogens (tertiary/aromatic N) is 1. The second-order valence-electron chi connectivity index (χ2n) is 8.13. The van der Waals surface area contributed by atoms with E-state index in [0.29, 0.717) is 34.3 Å². The maximum absolute atomic E-state index is 12.6. The van der Waals surface area contributed by atoms with E-state index in [2.05, 4.69) is 22.8 Å². The van der Waals surface area contributed by atoms with Gasteiger partial charge in [-0.15, -0.1) is 0 Å². The Kier molecular flexibility index (Phi) is 11.1. The first kappa shape index (κ1) is 29.5. The standard InChI is InChI=1S/C28H27Cl2N3O6/c1-3-4-13-38-21-9-6-19(7-10-21)28(36)39-24-12-5-18(14-25(24)37-2)16-32-33-26(34)17-31-27(35)20-8-11-22(29)23(30)15-20/h5-12,14-16H,3-4,13,17H2,1-2H3,(H,31,35)(H,33,34). The lowest BCUT2D eigenvalue weighted by atomic mass is 10.2. The third-order valence-electron chi connectivity index (χ3n) is 5.24. The van der Waals surface area contributed by atoms with Crippen LogP contribution in [0, 0.1) is 0 Å². The Bertz CT molecular complexity index is 1350. The summed E-state index contributed by atoms with van der Waals surface area (Å²) in [5.41, 5.74) is 3.51. The van der Waals surface area contributed by atoms with Crippen molar-refractivity contribution >= 4 is 47.2 Å². The van der Waals surface area contributed by atoms with Gasteiger partial charge in [-0.05, 0) is 72.6 Å². The highest BCUT2D eigenvalue weighted by molar-refractivity contribution is 6.42. The van der Waals surface area contributed by atoms with Gasteiger partial charge in [0.1, 0.15) is 5.75 Å². The molecular weight excluding hydrogens is 545 g/mol. The van der Waals surface area contributed by atoms with E-state index in [1.807, 2.05) is 0 Å². The topological polar surface area (TPSA) is 115 Å². The van der Waals surface area contributed by atoms with E-state index >= 15 is 0 Å². The fourth-order valence-electron chi connectivity index (χ4n) is 3.15. The van der Waals surface area contributed by atoms with Gasteiger partial charge in [0.05, 0.1) is 42.1 Å². The Morgan fingerprint density at radius 1 is 0.923 bits per heavy atom. The summed E-state index contributed by atoms with van der Waals surface area (Å²) in [5, 5.41) is 6.89. The van der Waals surface area contributed by atoms with Crippen LogP contribution < -0.4 is 25.0 Å². The molecule has 0 atom stereocenters. The summed E-state index contributed by atoms with van der Waals surface area (Å²) in [4.78, 5) is 36.8. The minimum absolute atomic E-state index is 0.219. The van der Waals surface area contributed by atoms with Crippen LogP contribution in [0.2, 0.25) is 10.0 Å². The van der Waals surface area contributed by atoms with Crippen molar-refractivity contribution in [3.8, 4) is 17.2 Å². The number of nitrogens with one attached hydrogen (secondary N) is 2. The number of methoxy groups -OCH3 is 1. The number of benzene rings is 3. The third-order valence-corrected chi connectivity index (χ3v) is 5.98. The van der Waals surface area contributed by atoms with Crippen LogP contribution >= 0.6 is 23.2 Å². The van der Waals surface area contributed by atoms with Gasteiger partial charge in [-0.3, -0.25) is 9.59 Å². The van der Waals surface area contributed by atoms with Gasteiger partial charge in [0.2, 0.25) is 0 Å². The van der Waals surface area contributed by atoms with Gasteiger partial charge < -0.3 is 19.5 Å². The second kappa shape index (κ2) is 14.8. The number of ether oxygens (including phenoxy) is 3. The van der Waals surface area contributed by atoms with Crippen molar-refractivity contribution < 1.29 is 28.6 Å². The molecule has 204 valence electrons. The summed E-state index contributed by atoms with van der Waals surface area (Å²) in [6, 6.07) is 15.9. The molecule has 0 bridgehead atoms. The zero-order valence-electron chi connectivity index (χ0n) is 21.3. The van der Waals surface area contributed by atoms with Gasteiger partial charge in [0.25, 0.3) is 11.8 Å². The molecule has 0 saturated carbocycles. The zero-order valence-corrected chi connectivity index (χ0v) is 22.8. The SMILES string of the molecule is CCCCOc1ccc(C(=O)Oc2ccc(C=NNC(=O)CNC(=O)c3ccc(Cl)c(Cl)c3)cc2OC)cc1. The number of hydrogen-bond donors (Lipinski definition) is 2. The van der Waals surface area contributed by atoms with E-state index in [4.69, 9.17) is 37.4 Å². The number of rotatable bonds is 12. The van der Waals surface area contributed by atoms with Crippen molar-refractivity contribution in [2.24, 2.45) is 5.10 Å². The van der Waals surface area contributed by atoms with Crippen LogP contribution in [0.5, 0.6) is 17.2 Å². The molecule has 39 heavy (non-hydrogen) atoms. The summed E-state index contributed by atoms with van der Waals surface area (Å²) >= 11 is 11.7. The van der Waals surface area contributed by atoms with E-state index < -0.39 is 17.8 Å². The molecule has 11 heteroatoms. The smallest absolute Gasteiger partial charge is 0.343 e. The normalized spacial score (nSPS) is 10.7. The van der Waals surface area contributed by atoms with Gasteiger partial charge in [0, 0.05) is 5.56 Å². The number of hydrogen-bond acceptors (Lipinski definition) is 7. The molecule has 0 radical (unpaired) electrons. The lowest BCUT2D eigenvalue weighted by Crippen LogP contribution is -2.34. The quantitative estimate of drug-likeness (QED) is 0.100. The van der Waals surface area contributed by atoms with E-state index in [-0.39, 0.29) is 22.9 Å². The zero-order chi connectivity index (χ0) is 28.2. The number of amides is 2. The van der Waals surface area contributed by atoms with E-state index in [9.17, 15) is 14.4 Å². The van der Waals surface area contributed by atoms with Crippen molar-refractivity contribution in [1.82, 2.24) is 10.7 Å². The van der Waals surface area contributed by atoms with Crippen molar-refractivity contribution in [2.45, 2.75) is 19.8 Å². The lowest BCUT2D eigenvalue weighted by molar-refractivity contribution is -0.120. The van der Waals surface area contributed by atoms with Crippen LogP contribution in [-0.2, 0) is 4.79 Å². The van der Waals surface area contributed by atoms with Crippen LogP contribution in [0.15, 0.2) is 65.8 Å². The fraction of sp³-hybridized carbons (Fsp3) is 0.214. The van der Waals surface area contributed by atoms with E-state index in [1.165, 1.54) is 31.5 Å². The molecule has 0 unspecified atom stereocenters. The Morgan fingerprint density at radius 2 is 1.67 bits per heavy atom. The summed E-state index contributed by atoms with van der Waals surface area (Å²) in [6.07, 6.45) is 3.37. The molecule has 2 amide bonds. The first-order valence-corrected chi connectivity index (χ1v) is 12.7. The van der Waals surface area contributed by atoms with Crippen LogP contribution in [-0.4, -0.2) is 44.3 Å². The fourth-order valence-corrected chi connectivity index (χ4v) is 3.45. The molecule has 0 spiro atoms. The van der Waals surface area contributed by atoms with Crippen molar-refractivity contribution in [1.29, 1.82) is 0 Å². The van der Waals surface area contributed by atoms with Crippen LogP contribution in [0.1, 0.15) is 46.0 Å². The number of unbranched alkanes of at least 4 members (excludes halogenated alkanes) is 1. The highest BCUT2D eigenvalue weighted by Gasteiger charge is 2.14. The molecule has 3 aromatic carbocycles. The van der Waals surface area contributed by atoms with E-state index in [0.717, 1.165) is 12.8 Å². The van der Waals surface area contributed by atoms with Crippen molar-refractivity contribution in [2.75, 3.05) is 20.3 Å². The Balaban J connectivity index is 1.51. The molecule has 0 aliphatic heterocycles. The largest absolute Gasteiger partial charge is 0.494 e. The van der Waals surface area contributed by atoms with Crippen LogP contribution in [0.25, 0.3) is 0 Å². The molecule has 0 aromatic heterocycles. The third kappa shape index (κ3) is 9.01. The average Bonchev–Trinajstić information content (AvgIpc) is 2.94.